The van der Waals surface area contributed by atoms with Crippen LogP contribution in [0.3, 0.4) is 0 Å². The first-order valence-corrected chi connectivity index (χ1v) is 7.47. The number of carbonyl (C=O) groups is 2. The summed E-state index contributed by atoms with van der Waals surface area (Å²) in [4.78, 5) is 29.1. The number of aromatic nitrogens is 1. The van der Waals surface area contributed by atoms with Crippen LogP contribution >= 0.6 is 0 Å². The van der Waals surface area contributed by atoms with Crippen molar-refractivity contribution in [1.82, 2.24) is 9.88 Å². The summed E-state index contributed by atoms with van der Waals surface area (Å²) in [6, 6.07) is 3.19. The third kappa shape index (κ3) is 5.59. The predicted octanol–water partition coefficient (Wildman–Crippen LogP) is 3.27. The Bertz CT molecular complexity index is 489. The molecule has 1 rings (SSSR count). The molecule has 7 nitrogen and oxygen atoms in total. The highest BCUT2D eigenvalue weighted by atomic mass is 16.6. The molecule has 0 spiro atoms. The van der Waals surface area contributed by atoms with E-state index in [1.807, 2.05) is 20.8 Å². The molecule has 1 N–H and O–H groups in total. The van der Waals surface area contributed by atoms with Crippen LogP contribution in [0, 0.1) is 0 Å². The number of rotatable bonds is 7. The molecule has 0 radical (unpaired) electrons. The van der Waals surface area contributed by atoms with Crippen molar-refractivity contribution in [3.63, 3.8) is 0 Å². The number of hydrogen-bond acceptors (Lipinski definition) is 5. The molecule has 2 amide bonds. The molecule has 0 aliphatic rings. The number of unbranched alkanes of at least 4 members (excludes halogenated alkanes) is 1. The van der Waals surface area contributed by atoms with Gasteiger partial charge in [0.2, 0.25) is 0 Å². The highest BCUT2D eigenvalue weighted by Crippen LogP contribution is 2.21. The molecule has 0 aliphatic carbocycles. The van der Waals surface area contributed by atoms with Gasteiger partial charge in [0, 0.05) is 19.3 Å². The van der Waals surface area contributed by atoms with Crippen LogP contribution in [0.1, 0.15) is 33.6 Å². The van der Waals surface area contributed by atoms with Crippen LogP contribution in [-0.4, -0.2) is 41.8 Å². The lowest BCUT2D eigenvalue weighted by Gasteiger charge is -2.18. The van der Waals surface area contributed by atoms with E-state index in [0.717, 1.165) is 12.8 Å². The number of hydrogen-bond donors (Lipinski definition) is 1. The van der Waals surface area contributed by atoms with E-state index in [0.29, 0.717) is 19.7 Å². The Kier molecular flexibility index (Phi) is 7.74. The highest BCUT2D eigenvalue weighted by molar-refractivity contribution is 5.86. The second kappa shape index (κ2) is 9.59. The van der Waals surface area contributed by atoms with Crippen LogP contribution in [0.2, 0.25) is 0 Å². The number of amides is 2. The molecule has 0 fully saturated rings. The topological polar surface area (TPSA) is 80.8 Å². The average Bonchev–Trinajstić information content (AvgIpc) is 2.51. The van der Waals surface area contributed by atoms with Crippen LogP contribution in [0.25, 0.3) is 0 Å². The van der Waals surface area contributed by atoms with E-state index in [-0.39, 0.29) is 11.6 Å². The van der Waals surface area contributed by atoms with Crippen LogP contribution < -0.4 is 10.1 Å². The van der Waals surface area contributed by atoms with Gasteiger partial charge in [-0.05, 0) is 32.4 Å². The van der Waals surface area contributed by atoms with Crippen molar-refractivity contribution in [2.24, 2.45) is 0 Å². The predicted molar refractivity (Wildman–Crippen MR) is 83.1 cm³/mol. The quantitative estimate of drug-likeness (QED) is 0.782. The summed E-state index contributed by atoms with van der Waals surface area (Å²) < 4.78 is 10.3. The van der Waals surface area contributed by atoms with Crippen LogP contribution in [0.15, 0.2) is 18.3 Å². The van der Waals surface area contributed by atoms with Gasteiger partial charge in [-0.3, -0.25) is 5.32 Å². The second-order valence-electron chi connectivity index (χ2n) is 4.50. The number of ether oxygens (including phenoxy) is 2. The van der Waals surface area contributed by atoms with Gasteiger partial charge in [-0.15, -0.1) is 0 Å². The van der Waals surface area contributed by atoms with Gasteiger partial charge in [-0.1, -0.05) is 13.3 Å². The molecule has 22 heavy (non-hydrogen) atoms. The van der Waals surface area contributed by atoms with E-state index < -0.39 is 12.2 Å². The van der Waals surface area contributed by atoms with E-state index >= 15 is 0 Å². The maximum atomic E-state index is 12.0. The fourth-order valence-corrected chi connectivity index (χ4v) is 1.65. The molecule has 0 aliphatic heterocycles. The lowest BCUT2D eigenvalue weighted by molar-refractivity contribution is 0.155. The number of pyridine rings is 1. The van der Waals surface area contributed by atoms with Crippen molar-refractivity contribution in [1.29, 1.82) is 0 Å². The lowest BCUT2D eigenvalue weighted by Crippen LogP contribution is -2.33. The van der Waals surface area contributed by atoms with Crippen LogP contribution in [-0.2, 0) is 4.74 Å². The Labute approximate surface area is 130 Å². The zero-order valence-corrected chi connectivity index (χ0v) is 13.3. The van der Waals surface area contributed by atoms with E-state index in [4.69, 9.17) is 9.47 Å². The van der Waals surface area contributed by atoms with E-state index in [2.05, 4.69) is 10.3 Å². The van der Waals surface area contributed by atoms with E-state index in [9.17, 15) is 9.59 Å². The Balaban J connectivity index is 2.69. The molecule has 0 saturated heterocycles. The van der Waals surface area contributed by atoms with Gasteiger partial charge in [-0.25, -0.2) is 14.6 Å². The highest BCUT2D eigenvalue weighted by Gasteiger charge is 2.16. The molecular formula is C15H23N3O4. The molecule has 0 bridgehead atoms. The second-order valence-corrected chi connectivity index (χ2v) is 4.50. The van der Waals surface area contributed by atoms with E-state index in [1.165, 1.54) is 11.1 Å². The minimum Gasteiger partial charge on any atom is -0.449 e. The smallest absolute Gasteiger partial charge is 0.415 e. The fourth-order valence-electron chi connectivity index (χ4n) is 1.65. The van der Waals surface area contributed by atoms with Gasteiger partial charge < -0.3 is 14.4 Å². The molecule has 1 heterocycles. The monoisotopic (exact) mass is 309 g/mol. The van der Waals surface area contributed by atoms with Gasteiger partial charge in [0.25, 0.3) is 0 Å². The molecule has 122 valence electrons. The van der Waals surface area contributed by atoms with Crippen molar-refractivity contribution >= 4 is 18.0 Å². The Morgan fingerprint density at radius 2 is 2.00 bits per heavy atom. The van der Waals surface area contributed by atoms with Gasteiger partial charge >= 0.3 is 12.2 Å². The Morgan fingerprint density at radius 1 is 1.27 bits per heavy atom. The van der Waals surface area contributed by atoms with Gasteiger partial charge in [-0.2, -0.15) is 0 Å². The summed E-state index contributed by atoms with van der Waals surface area (Å²) in [6.07, 6.45) is 2.12. The fraction of sp³-hybridized carbons (Fsp3) is 0.533. The maximum absolute atomic E-state index is 12.0. The zero-order valence-electron chi connectivity index (χ0n) is 13.3. The summed E-state index contributed by atoms with van der Waals surface area (Å²) in [5.74, 6) is 0.344. The Morgan fingerprint density at radius 3 is 2.64 bits per heavy atom. The minimum atomic E-state index is -0.618. The largest absolute Gasteiger partial charge is 0.449 e. The van der Waals surface area contributed by atoms with Crippen molar-refractivity contribution in [2.75, 3.05) is 25.0 Å². The number of nitrogens with one attached hydrogen (secondary N) is 1. The van der Waals surface area contributed by atoms with Gasteiger partial charge in [0.05, 0.1) is 6.61 Å². The molecule has 0 saturated carbocycles. The summed E-state index contributed by atoms with van der Waals surface area (Å²) in [6.45, 7) is 7.14. The van der Waals surface area contributed by atoms with Crippen molar-refractivity contribution in [3.8, 4) is 5.75 Å². The molecule has 1 aromatic heterocycles. The number of anilines is 1. The first-order chi connectivity index (χ1) is 10.6. The number of nitrogens with zero attached hydrogens (tertiary/aromatic N) is 2. The Hall–Kier alpha value is -2.31. The van der Waals surface area contributed by atoms with Crippen LogP contribution in [0.5, 0.6) is 5.75 Å². The molecular weight excluding hydrogens is 286 g/mol. The van der Waals surface area contributed by atoms with Gasteiger partial charge in [0.1, 0.15) is 0 Å². The summed E-state index contributed by atoms with van der Waals surface area (Å²) in [5.41, 5.74) is 0. The van der Waals surface area contributed by atoms with Gasteiger partial charge in [0.15, 0.2) is 11.6 Å². The first-order valence-electron chi connectivity index (χ1n) is 7.47. The summed E-state index contributed by atoms with van der Waals surface area (Å²) in [7, 11) is 0. The molecule has 0 atom stereocenters. The molecule has 7 heteroatoms. The van der Waals surface area contributed by atoms with Crippen molar-refractivity contribution in [3.05, 3.63) is 18.3 Å². The SMILES string of the molecule is CCCCOC(=O)Nc1ncccc1OC(=O)N(CC)CC. The normalized spacial score (nSPS) is 9.95. The number of carbonyl (C=O) groups excluding carboxylic acids is 2. The van der Waals surface area contributed by atoms with Crippen molar-refractivity contribution in [2.45, 2.75) is 33.6 Å². The maximum Gasteiger partial charge on any atom is 0.415 e. The molecule has 1 aromatic rings. The zero-order chi connectivity index (χ0) is 16.4. The molecule has 0 aromatic carbocycles. The summed E-state index contributed by atoms with van der Waals surface area (Å²) >= 11 is 0. The minimum absolute atomic E-state index is 0.157. The van der Waals surface area contributed by atoms with E-state index in [1.54, 1.807) is 12.1 Å². The lowest BCUT2D eigenvalue weighted by atomic mass is 10.4. The molecule has 0 unspecified atom stereocenters. The first kappa shape index (κ1) is 17.7. The average molecular weight is 309 g/mol. The summed E-state index contributed by atoms with van der Waals surface area (Å²) in [5, 5.41) is 2.48. The third-order valence-corrected chi connectivity index (χ3v) is 2.94. The van der Waals surface area contributed by atoms with Crippen LogP contribution in [0.4, 0.5) is 15.4 Å². The third-order valence-electron chi connectivity index (χ3n) is 2.94. The van der Waals surface area contributed by atoms with Crippen molar-refractivity contribution < 1.29 is 19.1 Å². The standard InChI is InChI=1S/C15H23N3O4/c1-4-7-11-21-14(19)17-13-12(9-8-10-16-13)22-15(20)18(5-2)6-3/h8-10H,4-7,11H2,1-3H3,(H,16,17,19).